The van der Waals surface area contributed by atoms with Crippen LogP contribution in [0.4, 0.5) is 0 Å². The second kappa shape index (κ2) is 7.07. The molecule has 30 heavy (non-hydrogen) atoms. The van der Waals surface area contributed by atoms with Crippen molar-refractivity contribution in [3.05, 3.63) is 59.3 Å². The van der Waals surface area contributed by atoms with E-state index in [1.165, 1.54) is 4.90 Å². The topological polar surface area (TPSA) is 104 Å². The van der Waals surface area contributed by atoms with Crippen LogP contribution in [0.5, 0.6) is 11.5 Å². The maximum atomic E-state index is 13.1. The highest BCUT2D eigenvalue weighted by Crippen LogP contribution is 2.43. The normalized spacial score (nSPS) is 19.7. The predicted octanol–water partition coefficient (Wildman–Crippen LogP) is 2.04. The first-order valence-corrected chi connectivity index (χ1v) is 9.76. The lowest BCUT2D eigenvalue weighted by molar-refractivity contribution is -0.152. The fourth-order valence-corrected chi connectivity index (χ4v) is 4.46. The highest BCUT2D eigenvalue weighted by atomic mass is 16.7. The summed E-state index contributed by atoms with van der Waals surface area (Å²) in [7, 11) is 1.67. The summed E-state index contributed by atoms with van der Waals surface area (Å²) in [6, 6.07) is 11.7. The SMILES string of the molecule is CNCC(=O)N1[C@H](c2ccc3c(c2)OCO3)c2[nH]c3ccccc3c2C[C@@H]1C(=O)O. The van der Waals surface area contributed by atoms with Crippen molar-refractivity contribution in [2.24, 2.45) is 0 Å². The number of carbonyl (C=O) groups excluding carboxylic acids is 1. The van der Waals surface area contributed by atoms with Gasteiger partial charge in [0, 0.05) is 23.0 Å². The number of carboxylic acid groups (broad SMARTS) is 1. The van der Waals surface area contributed by atoms with E-state index >= 15 is 0 Å². The van der Waals surface area contributed by atoms with Crippen LogP contribution in [-0.4, -0.2) is 53.3 Å². The summed E-state index contributed by atoms with van der Waals surface area (Å²) >= 11 is 0. The second-order valence-corrected chi connectivity index (χ2v) is 7.47. The zero-order valence-electron chi connectivity index (χ0n) is 16.3. The number of aromatic amines is 1. The Kier molecular flexibility index (Phi) is 4.36. The number of fused-ring (bicyclic) bond motifs is 4. The summed E-state index contributed by atoms with van der Waals surface area (Å²) in [6.45, 7) is 0.182. The molecule has 2 atom stereocenters. The summed E-state index contributed by atoms with van der Waals surface area (Å²) < 4.78 is 10.9. The standard InChI is InChI=1S/C22H21N3O5/c1-23-10-19(26)25-16(22(27)28)9-14-13-4-2-3-5-15(13)24-20(14)21(25)12-6-7-17-18(8-12)30-11-29-17/h2-8,16,21,23-24H,9-11H2,1H3,(H,27,28)/t16-,21-/m1/s1. The van der Waals surface area contributed by atoms with Crippen LogP contribution >= 0.6 is 0 Å². The number of nitrogens with zero attached hydrogens (tertiary/aromatic N) is 1. The molecule has 154 valence electrons. The van der Waals surface area contributed by atoms with Crippen molar-refractivity contribution in [3.63, 3.8) is 0 Å². The van der Waals surface area contributed by atoms with Gasteiger partial charge in [-0.15, -0.1) is 0 Å². The molecule has 5 rings (SSSR count). The first-order chi connectivity index (χ1) is 14.6. The molecular formula is C22H21N3O5. The molecular weight excluding hydrogens is 386 g/mol. The number of aliphatic carboxylic acids is 1. The van der Waals surface area contributed by atoms with E-state index in [0.717, 1.165) is 27.7 Å². The predicted molar refractivity (Wildman–Crippen MR) is 109 cm³/mol. The highest BCUT2D eigenvalue weighted by molar-refractivity contribution is 5.91. The molecule has 0 saturated heterocycles. The minimum atomic E-state index is -1.03. The number of rotatable bonds is 4. The number of nitrogens with one attached hydrogen (secondary N) is 2. The third kappa shape index (κ3) is 2.80. The number of ether oxygens (including phenoxy) is 2. The molecule has 0 aliphatic carbocycles. The third-order valence-corrected chi connectivity index (χ3v) is 5.74. The van der Waals surface area contributed by atoms with E-state index in [0.29, 0.717) is 11.5 Å². The number of likely N-dealkylation sites (N-methyl/N-ethyl adjacent to an activating group) is 1. The molecule has 0 fully saturated rings. The number of benzene rings is 2. The molecule has 3 N–H and O–H groups in total. The Labute approximate surface area is 172 Å². The van der Waals surface area contributed by atoms with Crippen LogP contribution < -0.4 is 14.8 Å². The van der Waals surface area contributed by atoms with Gasteiger partial charge < -0.3 is 29.8 Å². The van der Waals surface area contributed by atoms with Crippen LogP contribution in [0, 0.1) is 0 Å². The molecule has 3 aromatic rings. The molecule has 2 aliphatic heterocycles. The van der Waals surface area contributed by atoms with E-state index in [2.05, 4.69) is 10.3 Å². The zero-order valence-corrected chi connectivity index (χ0v) is 16.3. The molecule has 8 heteroatoms. The van der Waals surface area contributed by atoms with Gasteiger partial charge in [0.05, 0.1) is 12.6 Å². The molecule has 1 aromatic heterocycles. The summed E-state index contributed by atoms with van der Waals surface area (Å²) in [5.41, 5.74) is 3.44. The summed E-state index contributed by atoms with van der Waals surface area (Å²) in [4.78, 5) is 30.2. The molecule has 0 unspecified atom stereocenters. The van der Waals surface area contributed by atoms with Gasteiger partial charge in [0.25, 0.3) is 0 Å². The van der Waals surface area contributed by atoms with E-state index in [4.69, 9.17) is 9.47 Å². The number of amides is 1. The highest BCUT2D eigenvalue weighted by Gasteiger charge is 2.43. The molecule has 0 saturated carbocycles. The Morgan fingerprint density at radius 3 is 2.80 bits per heavy atom. The average molecular weight is 407 g/mol. The third-order valence-electron chi connectivity index (χ3n) is 5.74. The number of aromatic nitrogens is 1. The van der Waals surface area contributed by atoms with Gasteiger partial charge in [-0.3, -0.25) is 4.79 Å². The van der Waals surface area contributed by atoms with Gasteiger partial charge in [-0.25, -0.2) is 4.79 Å². The van der Waals surface area contributed by atoms with Crippen molar-refractivity contribution in [2.45, 2.75) is 18.5 Å². The number of para-hydroxylation sites is 1. The number of hydrogen-bond donors (Lipinski definition) is 3. The second-order valence-electron chi connectivity index (χ2n) is 7.47. The van der Waals surface area contributed by atoms with Gasteiger partial charge >= 0.3 is 5.97 Å². The van der Waals surface area contributed by atoms with Crippen LogP contribution in [0.3, 0.4) is 0 Å². The molecule has 0 radical (unpaired) electrons. The Morgan fingerprint density at radius 1 is 1.20 bits per heavy atom. The van der Waals surface area contributed by atoms with Gasteiger partial charge in [0.15, 0.2) is 11.5 Å². The summed E-state index contributed by atoms with van der Waals surface area (Å²) in [5, 5.41) is 13.8. The van der Waals surface area contributed by atoms with E-state index in [9.17, 15) is 14.7 Å². The van der Waals surface area contributed by atoms with Gasteiger partial charge in [-0.2, -0.15) is 0 Å². The molecule has 2 aromatic carbocycles. The maximum absolute atomic E-state index is 13.1. The van der Waals surface area contributed by atoms with Crippen molar-refractivity contribution < 1.29 is 24.2 Å². The first kappa shape index (κ1) is 18.5. The van der Waals surface area contributed by atoms with Crippen molar-refractivity contribution in [3.8, 4) is 11.5 Å². The maximum Gasteiger partial charge on any atom is 0.326 e. The number of H-pyrrole nitrogens is 1. The minimum absolute atomic E-state index is 0.0421. The van der Waals surface area contributed by atoms with Crippen LogP contribution in [0.15, 0.2) is 42.5 Å². The van der Waals surface area contributed by atoms with Crippen LogP contribution in [0.2, 0.25) is 0 Å². The van der Waals surface area contributed by atoms with Crippen molar-refractivity contribution >= 4 is 22.8 Å². The van der Waals surface area contributed by atoms with E-state index in [1.807, 2.05) is 36.4 Å². The molecule has 1 amide bonds. The van der Waals surface area contributed by atoms with Crippen LogP contribution in [0.1, 0.15) is 22.9 Å². The van der Waals surface area contributed by atoms with E-state index in [-0.39, 0.29) is 25.7 Å². The van der Waals surface area contributed by atoms with E-state index in [1.54, 1.807) is 13.1 Å². The fraction of sp³-hybridized carbons (Fsp3) is 0.273. The zero-order chi connectivity index (χ0) is 20.8. The Morgan fingerprint density at radius 2 is 2.00 bits per heavy atom. The lowest BCUT2D eigenvalue weighted by atomic mass is 9.87. The Balaban J connectivity index is 1.74. The van der Waals surface area contributed by atoms with Crippen molar-refractivity contribution in [2.75, 3.05) is 20.4 Å². The Bertz CT molecular complexity index is 1150. The number of hydrogen-bond acceptors (Lipinski definition) is 5. The van der Waals surface area contributed by atoms with Crippen molar-refractivity contribution in [1.29, 1.82) is 0 Å². The summed E-state index contributed by atoms with van der Waals surface area (Å²) in [6.07, 6.45) is 0.241. The summed E-state index contributed by atoms with van der Waals surface area (Å²) in [5.74, 6) is -0.0871. The quantitative estimate of drug-likeness (QED) is 0.612. The Hall–Kier alpha value is -3.52. The molecule has 2 aliphatic rings. The molecule has 3 heterocycles. The van der Waals surface area contributed by atoms with Gasteiger partial charge in [0.2, 0.25) is 12.7 Å². The number of carboxylic acids is 1. The first-order valence-electron chi connectivity index (χ1n) is 9.76. The van der Waals surface area contributed by atoms with Crippen LogP contribution in [-0.2, 0) is 16.0 Å². The fourth-order valence-electron chi connectivity index (χ4n) is 4.46. The van der Waals surface area contributed by atoms with Gasteiger partial charge in [-0.1, -0.05) is 24.3 Å². The molecule has 0 bridgehead atoms. The van der Waals surface area contributed by atoms with Gasteiger partial charge in [0.1, 0.15) is 6.04 Å². The monoisotopic (exact) mass is 407 g/mol. The minimum Gasteiger partial charge on any atom is -0.480 e. The molecule has 0 spiro atoms. The lowest BCUT2D eigenvalue weighted by Crippen LogP contribution is -2.53. The smallest absolute Gasteiger partial charge is 0.326 e. The largest absolute Gasteiger partial charge is 0.480 e. The average Bonchev–Trinajstić information content (AvgIpc) is 3.36. The van der Waals surface area contributed by atoms with Gasteiger partial charge in [-0.05, 0) is 36.4 Å². The van der Waals surface area contributed by atoms with Crippen LogP contribution in [0.25, 0.3) is 10.9 Å². The number of carbonyl (C=O) groups is 2. The van der Waals surface area contributed by atoms with E-state index < -0.39 is 18.1 Å². The lowest BCUT2D eigenvalue weighted by Gasteiger charge is -2.40. The van der Waals surface area contributed by atoms with Crippen molar-refractivity contribution in [1.82, 2.24) is 15.2 Å². The molecule has 8 nitrogen and oxygen atoms in total.